The molecule has 1 aromatic heterocycles. The average Bonchev–Trinajstić information content (AvgIpc) is 2.95. The summed E-state index contributed by atoms with van der Waals surface area (Å²) in [6.45, 7) is 4.45. The van der Waals surface area contributed by atoms with Crippen molar-refractivity contribution in [3.8, 4) is 5.69 Å². The molecule has 5 nitrogen and oxygen atoms in total. The van der Waals surface area contributed by atoms with Crippen LogP contribution in [0.3, 0.4) is 0 Å². The van der Waals surface area contributed by atoms with Crippen LogP contribution in [0.1, 0.15) is 49.1 Å². The molecule has 0 unspecified atom stereocenters. The Morgan fingerprint density at radius 2 is 1.93 bits per heavy atom. The van der Waals surface area contributed by atoms with Crippen molar-refractivity contribution >= 4 is 28.1 Å². The van der Waals surface area contributed by atoms with Crippen molar-refractivity contribution in [2.45, 2.75) is 52.0 Å². The van der Waals surface area contributed by atoms with E-state index in [1.165, 1.54) is 32.1 Å². The van der Waals surface area contributed by atoms with Crippen LogP contribution in [0.2, 0.25) is 0 Å². The molecule has 1 heterocycles. The van der Waals surface area contributed by atoms with E-state index in [0.717, 1.165) is 27.1 Å². The maximum absolute atomic E-state index is 12.0. The van der Waals surface area contributed by atoms with E-state index < -0.39 is 0 Å². The molecule has 0 spiro atoms. The van der Waals surface area contributed by atoms with Gasteiger partial charge in [0.05, 0.1) is 12.8 Å². The summed E-state index contributed by atoms with van der Waals surface area (Å²) in [4.78, 5) is 12.0. The molecule has 1 amide bonds. The topological polar surface area (TPSA) is 58.4 Å². The van der Waals surface area contributed by atoms with E-state index in [2.05, 4.69) is 68.4 Å². The Morgan fingerprint density at radius 3 is 2.63 bits per heavy atom. The summed E-state index contributed by atoms with van der Waals surface area (Å²) in [7, 11) is 0. The van der Waals surface area contributed by atoms with Crippen LogP contribution in [-0.2, 0) is 4.79 Å². The van der Waals surface area contributed by atoms with Crippen LogP contribution < -0.4 is 10.7 Å². The number of amides is 1. The van der Waals surface area contributed by atoms with Gasteiger partial charge in [0, 0.05) is 33.2 Å². The van der Waals surface area contributed by atoms with E-state index in [4.69, 9.17) is 0 Å². The number of benzene rings is 1. The zero-order valence-electron chi connectivity index (χ0n) is 16.0. The number of hydrogen-bond donors (Lipinski definition) is 2. The number of carbonyl (C=O) groups excluding carboxylic acids is 1. The highest BCUT2D eigenvalue weighted by Crippen LogP contribution is 2.21. The standard InChI is InChI=1S/C21H27BrN4O/c1-15-12-17(16(2)26(15)20-10-8-18(22)9-11-20)13-24-25-21(27)14-23-19-6-4-3-5-7-19/h8-13,19,23H,3-7,14H2,1-2H3,(H,25,27)/b24-13-. The number of rotatable bonds is 6. The number of nitrogens with one attached hydrogen (secondary N) is 2. The molecule has 0 bridgehead atoms. The van der Waals surface area contributed by atoms with E-state index in [1.54, 1.807) is 6.21 Å². The van der Waals surface area contributed by atoms with Crippen LogP contribution >= 0.6 is 15.9 Å². The quantitative estimate of drug-likeness (QED) is 0.531. The van der Waals surface area contributed by atoms with Gasteiger partial charge in [-0.05, 0) is 57.0 Å². The highest BCUT2D eigenvalue weighted by atomic mass is 79.9. The first-order chi connectivity index (χ1) is 13.0. The molecule has 0 aliphatic heterocycles. The summed E-state index contributed by atoms with van der Waals surface area (Å²) in [6.07, 6.45) is 7.87. The van der Waals surface area contributed by atoms with E-state index >= 15 is 0 Å². The third-order valence-corrected chi connectivity index (χ3v) is 5.63. The van der Waals surface area contributed by atoms with Crippen LogP contribution in [0.4, 0.5) is 0 Å². The zero-order valence-corrected chi connectivity index (χ0v) is 17.6. The first-order valence-electron chi connectivity index (χ1n) is 9.55. The van der Waals surface area contributed by atoms with E-state index in [9.17, 15) is 4.79 Å². The van der Waals surface area contributed by atoms with Crippen LogP contribution in [0.25, 0.3) is 5.69 Å². The van der Waals surface area contributed by atoms with Gasteiger partial charge in [0.15, 0.2) is 0 Å². The van der Waals surface area contributed by atoms with Gasteiger partial charge in [-0.1, -0.05) is 35.2 Å². The first kappa shape index (κ1) is 19.8. The second kappa shape index (κ2) is 9.33. The Hall–Kier alpha value is -1.92. The fourth-order valence-corrected chi connectivity index (χ4v) is 3.93. The number of carbonyl (C=O) groups is 1. The van der Waals surface area contributed by atoms with E-state index in [-0.39, 0.29) is 5.91 Å². The highest BCUT2D eigenvalue weighted by Gasteiger charge is 2.13. The Kier molecular flexibility index (Phi) is 6.85. The predicted octanol–water partition coefficient (Wildman–Crippen LogP) is 4.23. The van der Waals surface area contributed by atoms with Crippen LogP contribution in [-0.4, -0.2) is 29.3 Å². The summed E-state index contributed by atoms with van der Waals surface area (Å²) < 4.78 is 3.24. The van der Waals surface area contributed by atoms with Crippen molar-refractivity contribution in [2.24, 2.45) is 5.10 Å². The highest BCUT2D eigenvalue weighted by molar-refractivity contribution is 9.10. The van der Waals surface area contributed by atoms with Crippen LogP contribution in [0, 0.1) is 13.8 Å². The molecule has 1 aromatic carbocycles. The second-order valence-corrected chi connectivity index (χ2v) is 8.06. The lowest BCUT2D eigenvalue weighted by Crippen LogP contribution is -2.38. The molecule has 2 aromatic rings. The van der Waals surface area contributed by atoms with Gasteiger partial charge in [-0.2, -0.15) is 5.10 Å². The first-order valence-corrected chi connectivity index (χ1v) is 10.3. The van der Waals surface area contributed by atoms with Crippen molar-refractivity contribution in [2.75, 3.05) is 6.54 Å². The Bertz CT molecular complexity index is 804. The number of aryl methyl sites for hydroxylation is 1. The van der Waals surface area contributed by atoms with Gasteiger partial charge in [0.25, 0.3) is 5.91 Å². The van der Waals surface area contributed by atoms with Crippen molar-refractivity contribution in [3.05, 3.63) is 51.8 Å². The van der Waals surface area contributed by atoms with E-state index in [1.807, 2.05) is 12.1 Å². The molecule has 1 aliphatic rings. The molecule has 1 saturated carbocycles. The third kappa shape index (κ3) is 5.30. The maximum atomic E-state index is 12.0. The van der Waals surface area contributed by atoms with Gasteiger partial charge in [-0.3, -0.25) is 4.79 Å². The lowest BCUT2D eigenvalue weighted by Gasteiger charge is -2.22. The minimum Gasteiger partial charge on any atom is -0.318 e. The van der Waals surface area contributed by atoms with Gasteiger partial charge < -0.3 is 9.88 Å². The fraction of sp³-hybridized carbons (Fsp3) is 0.429. The molecular weight excluding hydrogens is 404 g/mol. The zero-order chi connectivity index (χ0) is 19.2. The van der Waals surface area contributed by atoms with Crippen molar-refractivity contribution in [1.82, 2.24) is 15.3 Å². The lowest BCUT2D eigenvalue weighted by molar-refractivity contribution is -0.120. The van der Waals surface area contributed by atoms with Crippen molar-refractivity contribution < 1.29 is 4.79 Å². The summed E-state index contributed by atoms with van der Waals surface area (Å²) in [5.41, 5.74) is 6.95. The molecule has 27 heavy (non-hydrogen) atoms. The molecule has 6 heteroatoms. The Balaban J connectivity index is 1.58. The SMILES string of the molecule is Cc1cc(/C=N\NC(=O)CNC2CCCCC2)c(C)n1-c1ccc(Br)cc1. The predicted molar refractivity (Wildman–Crippen MR) is 114 cm³/mol. The molecule has 1 fully saturated rings. The van der Waals surface area contributed by atoms with Gasteiger partial charge in [0.1, 0.15) is 0 Å². The molecule has 1 aliphatic carbocycles. The normalized spacial score (nSPS) is 15.4. The second-order valence-electron chi connectivity index (χ2n) is 7.15. The summed E-state index contributed by atoms with van der Waals surface area (Å²) in [5, 5.41) is 7.47. The van der Waals surface area contributed by atoms with Crippen LogP contribution in [0.15, 0.2) is 39.9 Å². The fourth-order valence-electron chi connectivity index (χ4n) is 3.66. The minimum absolute atomic E-state index is 0.0986. The minimum atomic E-state index is -0.0986. The molecule has 2 N–H and O–H groups in total. The van der Waals surface area contributed by atoms with Gasteiger partial charge in [-0.25, -0.2) is 5.43 Å². The monoisotopic (exact) mass is 430 g/mol. The van der Waals surface area contributed by atoms with Gasteiger partial charge >= 0.3 is 0 Å². The number of nitrogens with zero attached hydrogens (tertiary/aromatic N) is 2. The third-order valence-electron chi connectivity index (χ3n) is 5.10. The van der Waals surface area contributed by atoms with E-state index in [0.29, 0.717) is 12.6 Å². The molecule has 144 valence electrons. The molecule has 0 radical (unpaired) electrons. The van der Waals surface area contributed by atoms with Crippen molar-refractivity contribution in [1.29, 1.82) is 0 Å². The van der Waals surface area contributed by atoms with Crippen molar-refractivity contribution in [3.63, 3.8) is 0 Å². The molecule has 3 rings (SSSR count). The molecule has 0 saturated heterocycles. The summed E-state index contributed by atoms with van der Waals surface area (Å²) in [5.74, 6) is -0.0986. The van der Waals surface area contributed by atoms with Crippen LogP contribution in [0.5, 0.6) is 0 Å². The maximum Gasteiger partial charge on any atom is 0.254 e. The Labute approximate surface area is 169 Å². The summed E-state index contributed by atoms with van der Waals surface area (Å²) in [6, 6.07) is 10.8. The number of hydrogen-bond acceptors (Lipinski definition) is 3. The Morgan fingerprint density at radius 1 is 1.22 bits per heavy atom. The average molecular weight is 431 g/mol. The largest absolute Gasteiger partial charge is 0.318 e. The number of halogens is 1. The smallest absolute Gasteiger partial charge is 0.254 e. The van der Waals surface area contributed by atoms with Gasteiger partial charge in [0.2, 0.25) is 0 Å². The molecule has 0 atom stereocenters. The summed E-state index contributed by atoms with van der Waals surface area (Å²) >= 11 is 3.47. The number of aromatic nitrogens is 1. The number of hydrazone groups is 1. The molecular formula is C21H27BrN4O. The van der Waals surface area contributed by atoms with Gasteiger partial charge in [-0.15, -0.1) is 0 Å². The lowest BCUT2D eigenvalue weighted by atomic mass is 9.95.